The van der Waals surface area contributed by atoms with E-state index in [-0.39, 0.29) is 5.91 Å². The smallest absolute Gasteiger partial charge is 0.220 e. The predicted molar refractivity (Wildman–Crippen MR) is 53.6 cm³/mol. The lowest BCUT2D eigenvalue weighted by atomic mass is 10.1. The van der Waals surface area contributed by atoms with Gasteiger partial charge in [-0.05, 0) is 39.4 Å². The van der Waals surface area contributed by atoms with Crippen molar-refractivity contribution in [3.8, 4) is 0 Å². The number of likely N-dealkylation sites (tertiary alicyclic amines) is 1. The fraction of sp³-hybridized carbons (Fsp3) is 0.900. The quantitative estimate of drug-likeness (QED) is 0.709. The number of nitrogens with one attached hydrogen (secondary N) is 1. The van der Waals surface area contributed by atoms with Crippen LogP contribution in [0.25, 0.3) is 0 Å². The molecule has 0 saturated carbocycles. The summed E-state index contributed by atoms with van der Waals surface area (Å²) < 4.78 is 0. The van der Waals surface area contributed by atoms with Gasteiger partial charge in [-0.25, -0.2) is 0 Å². The Morgan fingerprint density at radius 2 is 2.08 bits per heavy atom. The molecule has 0 radical (unpaired) electrons. The molecule has 13 heavy (non-hydrogen) atoms. The Morgan fingerprint density at radius 3 is 2.62 bits per heavy atom. The Bertz CT molecular complexity index is 162. The molecule has 1 heterocycles. The van der Waals surface area contributed by atoms with Crippen LogP contribution in [0.1, 0.15) is 32.6 Å². The molecule has 0 aromatic rings. The van der Waals surface area contributed by atoms with E-state index >= 15 is 0 Å². The molecule has 0 bridgehead atoms. The van der Waals surface area contributed by atoms with Crippen LogP contribution in [0.15, 0.2) is 0 Å². The zero-order chi connectivity index (χ0) is 9.68. The lowest BCUT2D eigenvalue weighted by molar-refractivity contribution is -0.122. The summed E-state index contributed by atoms with van der Waals surface area (Å²) in [5.41, 5.74) is 0. The van der Waals surface area contributed by atoms with Gasteiger partial charge in [0.05, 0.1) is 0 Å². The van der Waals surface area contributed by atoms with Crippen molar-refractivity contribution in [3.05, 3.63) is 0 Å². The normalized spacial score (nSPS) is 20.2. The summed E-state index contributed by atoms with van der Waals surface area (Å²) in [6.07, 6.45) is 3.82. The van der Waals surface area contributed by atoms with Crippen LogP contribution < -0.4 is 5.32 Å². The molecule has 1 fully saturated rings. The molecule has 1 rings (SSSR count). The number of piperidine rings is 1. The molecule has 0 aromatic heterocycles. The molecule has 0 spiro atoms. The molecular formula is C10H20N2O. The average Bonchev–Trinajstić information content (AvgIpc) is 2.09. The van der Waals surface area contributed by atoms with Crippen molar-refractivity contribution in [2.45, 2.75) is 38.6 Å². The van der Waals surface area contributed by atoms with Crippen LogP contribution in [0.2, 0.25) is 0 Å². The highest BCUT2D eigenvalue weighted by atomic mass is 16.1. The first-order valence-electron chi connectivity index (χ1n) is 5.20. The molecule has 3 heteroatoms. The minimum absolute atomic E-state index is 0.219. The second-order valence-corrected chi connectivity index (χ2v) is 3.90. The van der Waals surface area contributed by atoms with E-state index in [2.05, 4.69) is 17.3 Å². The van der Waals surface area contributed by atoms with Gasteiger partial charge in [-0.1, -0.05) is 6.92 Å². The highest BCUT2D eigenvalue weighted by Gasteiger charge is 2.17. The van der Waals surface area contributed by atoms with Gasteiger partial charge in [-0.15, -0.1) is 0 Å². The summed E-state index contributed by atoms with van der Waals surface area (Å²) in [4.78, 5) is 13.6. The molecule has 1 aliphatic heterocycles. The van der Waals surface area contributed by atoms with Gasteiger partial charge in [0.25, 0.3) is 0 Å². The van der Waals surface area contributed by atoms with Crippen LogP contribution in [0, 0.1) is 0 Å². The zero-order valence-corrected chi connectivity index (χ0v) is 8.68. The monoisotopic (exact) mass is 184 g/mol. The van der Waals surface area contributed by atoms with Gasteiger partial charge in [-0.3, -0.25) is 4.79 Å². The van der Waals surface area contributed by atoms with E-state index in [0.717, 1.165) is 32.4 Å². The summed E-state index contributed by atoms with van der Waals surface area (Å²) >= 11 is 0. The number of carbonyl (C=O) groups is 1. The van der Waals surface area contributed by atoms with Crippen molar-refractivity contribution in [3.63, 3.8) is 0 Å². The van der Waals surface area contributed by atoms with Gasteiger partial charge in [-0.2, -0.15) is 0 Å². The molecule has 1 N–H and O–H groups in total. The third-order valence-corrected chi connectivity index (χ3v) is 2.56. The van der Waals surface area contributed by atoms with Gasteiger partial charge in [0, 0.05) is 12.5 Å². The molecule has 1 amide bonds. The first-order valence-corrected chi connectivity index (χ1v) is 5.20. The van der Waals surface area contributed by atoms with Gasteiger partial charge in [0.15, 0.2) is 0 Å². The van der Waals surface area contributed by atoms with Gasteiger partial charge in [0.2, 0.25) is 5.91 Å². The lowest BCUT2D eigenvalue weighted by Crippen LogP contribution is -2.43. The summed E-state index contributed by atoms with van der Waals surface area (Å²) in [5, 5.41) is 3.07. The summed E-state index contributed by atoms with van der Waals surface area (Å²) in [5.74, 6) is 0.219. The van der Waals surface area contributed by atoms with E-state index in [4.69, 9.17) is 0 Å². The number of amides is 1. The third kappa shape index (κ3) is 3.77. The van der Waals surface area contributed by atoms with Crippen LogP contribution in [0.3, 0.4) is 0 Å². The van der Waals surface area contributed by atoms with E-state index < -0.39 is 0 Å². The van der Waals surface area contributed by atoms with Crippen LogP contribution >= 0.6 is 0 Å². The molecule has 3 nitrogen and oxygen atoms in total. The Kier molecular flexibility index (Phi) is 4.22. The molecule has 1 aliphatic rings. The standard InChI is InChI=1S/C10H20N2O/c1-3-4-10(13)11-9-5-7-12(2)8-6-9/h9H,3-8H2,1-2H3,(H,11,13). The van der Waals surface area contributed by atoms with Crippen LogP contribution in [0.4, 0.5) is 0 Å². The van der Waals surface area contributed by atoms with E-state index in [9.17, 15) is 4.79 Å². The fourth-order valence-corrected chi connectivity index (χ4v) is 1.68. The Morgan fingerprint density at radius 1 is 1.46 bits per heavy atom. The van der Waals surface area contributed by atoms with Crippen molar-refractivity contribution in [1.29, 1.82) is 0 Å². The lowest BCUT2D eigenvalue weighted by Gasteiger charge is -2.29. The van der Waals surface area contributed by atoms with Gasteiger partial charge in [0.1, 0.15) is 0 Å². The second-order valence-electron chi connectivity index (χ2n) is 3.90. The van der Waals surface area contributed by atoms with Crippen molar-refractivity contribution >= 4 is 5.91 Å². The topological polar surface area (TPSA) is 32.3 Å². The second kappa shape index (κ2) is 5.22. The number of carbonyl (C=O) groups excluding carboxylic acids is 1. The number of hydrogen-bond donors (Lipinski definition) is 1. The van der Waals surface area contributed by atoms with Crippen molar-refractivity contribution < 1.29 is 4.79 Å². The molecule has 0 unspecified atom stereocenters. The minimum Gasteiger partial charge on any atom is -0.353 e. The maximum atomic E-state index is 11.3. The highest BCUT2D eigenvalue weighted by Crippen LogP contribution is 2.08. The first-order chi connectivity index (χ1) is 6.22. The Hall–Kier alpha value is -0.570. The van der Waals surface area contributed by atoms with Crippen molar-refractivity contribution in [2.24, 2.45) is 0 Å². The Labute approximate surface area is 80.5 Å². The molecule has 1 saturated heterocycles. The molecule has 76 valence electrons. The summed E-state index contributed by atoms with van der Waals surface area (Å²) in [7, 11) is 2.13. The van der Waals surface area contributed by atoms with Gasteiger partial charge < -0.3 is 10.2 Å². The maximum Gasteiger partial charge on any atom is 0.220 e. The van der Waals surface area contributed by atoms with Crippen LogP contribution in [-0.2, 0) is 4.79 Å². The average molecular weight is 184 g/mol. The van der Waals surface area contributed by atoms with E-state index in [1.54, 1.807) is 0 Å². The molecular weight excluding hydrogens is 164 g/mol. The van der Waals surface area contributed by atoms with Crippen LogP contribution in [0.5, 0.6) is 0 Å². The largest absolute Gasteiger partial charge is 0.353 e. The van der Waals surface area contributed by atoms with E-state index in [1.807, 2.05) is 6.92 Å². The van der Waals surface area contributed by atoms with Crippen molar-refractivity contribution in [1.82, 2.24) is 10.2 Å². The fourth-order valence-electron chi connectivity index (χ4n) is 1.68. The SMILES string of the molecule is CCCC(=O)NC1CCN(C)CC1. The van der Waals surface area contributed by atoms with Gasteiger partial charge >= 0.3 is 0 Å². The molecule has 0 aliphatic carbocycles. The zero-order valence-electron chi connectivity index (χ0n) is 8.68. The van der Waals surface area contributed by atoms with Crippen molar-refractivity contribution in [2.75, 3.05) is 20.1 Å². The van der Waals surface area contributed by atoms with E-state index in [1.165, 1.54) is 0 Å². The minimum atomic E-state index is 0.219. The maximum absolute atomic E-state index is 11.3. The molecule has 0 aromatic carbocycles. The predicted octanol–water partition coefficient (Wildman–Crippen LogP) is 0.997. The third-order valence-electron chi connectivity index (χ3n) is 2.56. The Balaban J connectivity index is 2.18. The summed E-state index contributed by atoms with van der Waals surface area (Å²) in [6.45, 7) is 4.25. The first kappa shape index (κ1) is 10.5. The number of nitrogens with zero attached hydrogens (tertiary/aromatic N) is 1. The summed E-state index contributed by atoms with van der Waals surface area (Å²) in [6, 6.07) is 0.426. The number of rotatable bonds is 3. The number of hydrogen-bond acceptors (Lipinski definition) is 2. The van der Waals surface area contributed by atoms with E-state index in [0.29, 0.717) is 12.5 Å². The highest BCUT2D eigenvalue weighted by molar-refractivity contribution is 5.76. The molecule has 0 atom stereocenters. The van der Waals surface area contributed by atoms with Crippen LogP contribution in [-0.4, -0.2) is 37.0 Å².